The van der Waals surface area contributed by atoms with Gasteiger partial charge in [-0.15, -0.1) is 0 Å². The monoisotopic (exact) mass is 497 g/mol. The lowest BCUT2D eigenvalue weighted by atomic mass is 9.98. The van der Waals surface area contributed by atoms with Gasteiger partial charge in [0.15, 0.2) is 0 Å². The van der Waals surface area contributed by atoms with Crippen LogP contribution in [0.25, 0.3) is 0 Å². The lowest BCUT2D eigenvalue weighted by Crippen LogP contribution is -2.73. The van der Waals surface area contributed by atoms with Crippen LogP contribution in [-0.2, 0) is 22.7 Å². The summed E-state index contributed by atoms with van der Waals surface area (Å²) in [5.41, 5.74) is 3.83. The first-order valence-corrected chi connectivity index (χ1v) is 12.5. The van der Waals surface area contributed by atoms with Crippen molar-refractivity contribution in [1.29, 1.82) is 0 Å². The first-order chi connectivity index (χ1) is 17.9. The Kier molecular flexibility index (Phi) is 6.92. The number of nitrogens with one attached hydrogen (secondary N) is 1. The van der Waals surface area contributed by atoms with Crippen molar-refractivity contribution >= 4 is 17.8 Å². The van der Waals surface area contributed by atoms with E-state index in [9.17, 15) is 14.4 Å². The molecule has 5 rings (SSSR count). The first kappa shape index (κ1) is 24.5. The van der Waals surface area contributed by atoms with E-state index in [0.29, 0.717) is 13.1 Å². The minimum Gasteiger partial charge on any atom is -0.333 e. The fraction of sp³-hybridized carbons (Fsp3) is 0.276. The number of carbonyl (C=O) groups is 3. The molecule has 0 radical (unpaired) electrons. The number of likely N-dealkylation sites (N-methyl/N-ethyl adjacent to an activating group) is 1. The summed E-state index contributed by atoms with van der Waals surface area (Å²) in [7, 11) is 1.73. The maximum absolute atomic E-state index is 13.9. The number of hydrazine groups is 1. The van der Waals surface area contributed by atoms with E-state index in [1.165, 1.54) is 0 Å². The molecule has 0 aromatic heterocycles. The van der Waals surface area contributed by atoms with Gasteiger partial charge in [-0.2, -0.15) is 0 Å². The van der Waals surface area contributed by atoms with Crippen LogP contribution in [0.5, 0.6) is 0 Å². The number of rotatable bonds is 5. The molecule has 3 aromatic carbocycles. The Labute approximate surface area is 217 Å². The molecule has 37 heavy (non-hydrogen) atoms. The number of aryl methyl sites for hydroxylation is 1. The van der Waals surface area contributed by atoms with Crippen molar-refractivity contribution in [2.75, 3.05) is 20.1 Å². The highest BCUT2D eigenvalue weighted by molar-refractivity contribution is 5.92. The molecule has 8 nitrogen and oxygen atoms in total. The Bertz CT molecular complexity index is 1280. The molecule has 2 aliphatic rings. The molecule has 0 spiro atoms. The van der Waals surface area contributed by atoms with Crippen LogP contribution in [0.3, 0.4) is 0 Å². The second-order valence-corrected chi connectivity index (χ2v) is 9.54. The molecule has 0 bridgehead atoms. The number of benzene rings is 3. The molecule has 2 heterocycles. The average Bonchev–Trinajstić information content (AvgIpc) is 2.90. The molecule has 4 amide bonds. The van der Waals surface area contributed by atoms with E-state index < -0.39 is 12.2 Å². The van der Waals surface area contributed by atoms with Crippen LogP contribution < -0.4 is 5.32 Å². The van der Waals surface area contributed by atoms with Crippen LogP contribution in [0, 0.1) is 6.92 Å². The summed E-state index contributed by atoms with van der Waals surface area (Å²) in [6.45, 7) is 3.00. The Morgan fingerprint density at radius 3 is 2.27 bits per heavy atom. The van der Waals surface area contributed by atoms with E-state index >= 15 is 0 Å². The van der Waals surface area contributed by atoms with Crippen molar-refractivity contribution in [1.82, 2.24) is 25.1 Å². The largest absolute Gasteiger partial charge is 0.334 e. The predicted octanol–water partition coefficient (Wildman–Crippen LogP) is 3.31. The molecule has 3 aromatic rings. The second-order valence-electron chi connectivity index (χ2n) is 9.54. The van der Waals surface area contributed by atoms with Crippen LogP contribution in [0.4, 0.5) is 4.79 Å². The van der Waals surface area contributed by atoms with E-state index in [1.54, 1.807) is 26.9 Å². The quantitative estimate of drug-likeness (QED) is 0.587. The number of nitrogens with zero attached hydrogens (tertiary/aromatic N) is 4. The minimum atomic E-state index is -0.811. The van der Waals surface area contributed by atoms with Crippen LogP contribution in [0.15, 0.2) is 84.9 Å². The Hall–Kier alpha value is -4.17. The van der Waals surface area contributed by atoms with Crippen molar-refractivity contribution in [3.8, 4) is 0 Å². The van der Waals surface area contributed by atoms with E-state index in [2.05, 4.69) is 5.32 Å². The van der Waals surface area contributed by atoms with E-state index in [0.717, 1.165) is 22.3 Å². The van der Waals surface area contributed by atoms with E-state index in [1.807, 2.05) is 91.9 Å². The molecule has 2 saturated heterocycles. The van der Waals surface area contributed by atoms with Crippen LogP contribution in [-0.4, -0.2) is 64.0 Å². The first-order valence-electron chi connectivity index (χ1n) is 12.5. The van der Waals surface area contributed by atoms with Gasteiger partial charge in [0.05, 0.1) is 13.1 Å². The summed E-state index contributed by atoms with van der Waals surface area (Å²) in [6.07, 6.45) is -0.644. The van der Waals surface area contributed by atoms with E-state index in [4.69, 9.17) is 0 Å². The third-order valence-electron chi connectivity index (χ3n) is 7.06. The number of carbonyl (C=O) groups excluding carboxylic acids is 3. The maximum Gasteiger partial charge on any atom is 0.334 e. The van der Waals surface area contributed by atoms with Crippen LogP contribution in [0.2, 0.25) is 0 Å². The predicted molar refractivity (Wildman–Crippen MR) is 140 cm³/mol. The van der Waals surface area contributed by atoms with Crippen molar-refractivity contribution in [2.24, 2.45) is 0 Å². The summed E-state index contributed by atoms with van der Waals surface area (Å²) in [4.78, 5) is 44.2. The fourth-order valence-electron chi connectivity index (χ4n) is 5.14. The molecule has 0 unspecified atom stereocenters. The van der Waals surface area contributed by atoms with Gasteiger partial charge in [-0.3, -0.25) is 9.59 Å². The second kappa shape index (κ2) is 10.4. The fourth-order valence-corrected chi connectivity index (χ4v) is 5.14. The van der Waals surface area contributed by atoms with Gasteiger partial charge in [0.2, 0.25) is 5.91 Å². The lowest BCUT2D eigenvalue weighted by molar-refractivity contribution is -0.188. The Morgan fingerprint density at radius 1 is 0.919 bits per heavy atom. The summed E-state index contributed by atoms with van der Waals surface area (Å²) >= 11 is 0. The Balaban J connectivity index is 1.49. The summed E-state index contributed by atoms with van der Waals surface area (Å²) in [6, 6.07) is 25.9. The van der Waals surface area contributed by atoms with Gasteiger partial charge < -0.3 is 15.1 Å². The molecule has 8 heteroatoms. The van der Waals surface area contributed by atoms with Gasteiger partial charge in [0.25, 0.3) is 5.91 Å². The highest BCUT2D eigenvalue weighted by atomic mass is 16.2. The van der Waals surface area contributed by atoms with Gasteiger partial charge in [0, 0.05) is 20.1 Å². The van der Waals surface area contributed by atoms with Gasteiger partial charge in [-0.05, 0) is 29.2 Å². The maximum atomic E-state index is 13.9. The van der Waals surface area contributed by atoms with Crippen molar-refractivity contribution in [3.63, 3.8) is 0 Å². The molecule has 2 atom stereocenters. The molecule has 1 N–H and O–H groups in total. The molecule has 2 aliphatic heterocycles. The lowest BCUT2D eigenvalue weighted by Gasteiger charge is -2.54. The summed E-state index contributed by atoms with van der Waals surface area (Å²) < 4.78 is 0. The molecule has 0 aliphatic carbocycles. The van der Waals surface area contributed by atoms with Gasteiger partial charge >= 0.3 is 6.03 Å². The SMILES string of the molecule is Cc1ccccc1CN1C[C@H]2N(C(=O)CN(C)N2C(=O)NCc2ccccc2)[C@@H](c2ccccc2)C1=O. The number of urea groups is 1. The molecular weight excluding hydrogens is 466 g/mol. The number of piperazine rings is 1. The molecule has 190 valence electrons. The molecular formula is C29H31N5O3. The van der Waals surface area contributed by atoms with E-state index in [-0.39, 0.29) is 30.9 Å². The van der Waals surface area contributed by atoms with Crippen LogP contribution in [0.1, 0.15) is 28.3 Å². The number of hydrogen-bond donors (Lipinski definition) is 1. The third-order valence-corrected chi connectivity index (χ3v) is 7.06. The average molecular weight is 498 g/mol. The zero-order valence-electron chi connectivity index (χ0n) is 21.1. The number of fused-ring (bicyclic) bond motifs is 1. The summed E-state index contributed by atoms with van der Waals surface area (Å²) in [5.74, 6) is -0.328. The minimum absolute atomic E-state index is 0.00363. The zero-order valence-corrected chi connectivity index (χ0v) is 21.1. The Morgan fingerprint density at radius 2 is 1.57 bits per heavy atom. The van der Waals surface area contributed by atoms with Crippen molar-refractivity contribution in [2.45, 2.75) is 32.2 Å². The summed E-state index contributed by atoms with van der Waals surface area (Å²) in [5, 5.41) is 6.22. The zero-order chi connectivity index (χ0) is 25.9. The standard InChI is InChI=1S/C29H31N5O3/c1-21-11-9-10-16-24(21)18-32-19-25-33(27(28(32)36)23-14-7-4-8-15-23)26(35)20-31(2)34(25)29(37)30-17-22-12-5-3-6-13-22/h3-16,25,27H,17-20H2,1-2H3,(H,30,37)/t25-,27-/m0/s1. The van der Waals surface area contributed by atoms with Crippen molar-refractivity contribution < 1.29 is 14.4 Å². The number of amides is 4. The van der Waals surface area contributed by atoms with Crippen molar-refractivity contribution in [3.05, 3.63) is 107 Å². The topological polar surface area (TPSA) is 76.2 Å². The van der Waals surface area contributed by atoms with Gasteiger partial charge in [-0.25, -0.2) is 14.8 Å². The number of hydrogen-bond acceptors (Lipinski definition) is 4. The van der Waals surface area contributed by atoms with Gasteiger partial charge in [-0.1, -0.05) is 84.9 Å². The third kappa shape index (κ3) is 4.93. The normalized spacial score (nSPS) is 20.1. The smallest absolute Gasteiger partial charge is 0.333 e. The van der Waals surface area contributed by atoms with Gasteiger partial charge in [0.1, 0.15) is 12.2 Å². The highest BCUT2D eigenvalue weighted by Crippen LogP contribution is 2.35. The molecule has 2 fully saturated rings. The molecule has 0 saturated carbocycles. The van der Waals surface area contributed by atoms with Crippen LogP contribution >= 0.6 is 0 Å². The highest BCUT2D eigenvalue weighted by Gasteiger charge is 2.51.